The van der Waals surface area contributed by atoms with Gasteiger partial charge >= 0.3 is 6.18 Å². The first-order valence-corrected chi connectivity index (χ1v) is 16.9. The van der Waals surface area contributed by atoms with E-state index in [1.54, 1.807) is 33.9 Å². The number of aromatic nitrogens is 2. The molecular weight excluding hydrogens is 639 g/mol. The Hall–Kier alpha value is -3.96. The molecule has 12 nitrogen and oxygen atoms in total. The number of nitriles is 1. The summed E-state index contributed by atoms with van der Waals surface area (Å²) in [5.41, 5.74) is 1.49. The molecule has 2 aromatic rings. The van der Waals surface area contributed by atoms with Gasteiger partial charge in [0.05, 0.1) is 30.0 Å². The maximum atomic E-state index is 13.9. The lowest BCUT2D eigenvalue weighted by atomic mass is 10.1. The molecule has 2 fully saturated rings. The van der Waals surface area contributed by atoms with E-state index in [0.29, 0.717) is 70.4 Å². The lowest BCUT2D eigenvalue weighted by Crippen LogP contribution is -2.44. The second-order valence-corrected chi connectivity index (χ2v) is 13.1. The highest BCUT2D eigenvalue weighted by atomic mass is 32.2. The van der Waals surface area contributed by atoms with E-state index in [0.717, 1.165) is 5.56 Å². The minimum absolute atomic E-state index is 0.0577. The van der Waals surface area contributed by atoms with Gasteiger partial charge in [-0.05, 0) is 56.8 Å². The standard InChI is InChI=1S/C31H38F3N7O5S/c1-39(18-20-47(43,44)45)14-2-3-19-46-25-11-16-40(17-12-25)27-21-28(38-30(37-27)31(32,33)34)41-15-4-5-26(41)29(42)36-13-10-23-6-8-24(22-35)9-7-23/h6-9,21,25-26H,4-5,10-20H2,1H3,(H,36,42)(H,43,44,45)/t26-/m0/s1. The maximum absolute atomic E-state index is 13.9. The van der Waals surface area contributed by atoms with E-state index in [-0.39, 0.29) is 42.6 Å². The molecule has 47 heavy (non-hydrogen) atoms. The predicted molar refractivity (Wildman–Crippen MR) is 168 cm³/mol. The summed E-state index contributed by atoms with van der Waals surface area (Å²) in [5, 5.41) is 11.8. The van der Waals surface area contributed by atoms with E-state index in [9.17, 15) is 26.4 Å². The van der Waals surface area contributed by atoms with Crippen LogP contribution in [-0.2, 0) is 32.2 Å². The number of nitrogens with one attached hydrogen (secondary N) is 1. The van der Waals surface area contributed by atoms with Crippen LogP contribution in [0.15, 0.2) is 30.3 Å². The van der Waals surface area contributed by atoms with Crippen LogP contribution in [0.5, 0.6) is 0 Å². The molecule has 4 rings (SSSR count). The number of halogens is 3. The highest BCUT2D eigenvalue weighted by Gasteiger charge is 2.39. The van der Waals surface area contributed by atoms with Gasteiger partial charge in [0, 0.05) is 38.8 Å². The minimum atomic E-state index is -4.77. The Morgan fingerprint density at radius 3 is 2.49 bits per heavy atom. The van der Waals surface area contributed by atoms with Crippen LogP contribution >= 0.6 is 0 Å². The Labute approximate surface area is 272 Å². The molecule has 0 saturated carbocycles. The molecule has 2 saturated heterocycles. The quantitative estimate of drug-likeness (QED) is 0.252. The monoisotopic (exact) mass is 677 g/mol. The van der Waals surface area contributed by atoms with E-state index in [1.165, 1.54) is 6.07 Å². The normalized spacial score (nSPS) is 17.3. The van der Waals surface area contributed by atoms with Crippen molar-refractivity contribution in [2.75, 3.05) is 68.5 Å². The zero-order chi connectivity index (χ0) is 34.0. The number of anilines is 2. The molecule has 254 valence electrons. The molecule has 1 aromatic carbocycles. The molecule has 0 aliphatic carbocycles. The minimum Gasteiger partial charge on any atom is -0.365 e. The molecule has 0 spiro atoms. The molecular formula is C31H38F3N7O5S. The fraction of sp³-hybridized carbons (Fsp3) is 0.548. The van der Waals surface area contributed by atoms with Gasteiger partial charge in [0.25, 0.3) is 10.1 Å². The first kappa shape index (κ1) is 35.9. The van der Waals surface area contributed by atoms with Gasteiger partial charge in [-0.15, -0.1) is 0 Å². The zero-order valence-electron chi connectivity index (χ0n) is 26.0. The van der Waals surface area contributed by atoms with E-state index in [4.69, 9.17) is 14.6 Å². The molecule has 16 heteroatoms. The number of nitrogens with zero attached hydrogens (tertiary/aromatic N) is 6. The third-order valence-corrected chi connectivity index (χ3v) is 8.66. The smallest absolute Gasteiger partial charge is 0.365 e. The summed E-state index contributed by atoms with van der Waals surface area (Å²) in [6.45, 7) is 2.13. The van der Waals surface area contributed by atoms with E-state index in [2.05, 4.69) is 33.2 Å². The molecule has 1 atom stereocenters. The van der Waals surface area contributed by atoms with Crippen molar-refractivity contribution in [3.8, 4) is 17.9 Å². The van der Waals surface area contributed by atoms with Crippen LogP contribution in [0.1, 0.15) is 42.6 Å². The third-order valence-electron chi connectivity index (χ3n) is 7.96. The average molecular weight is 678 g/mol. The second-order valence-electron chi connectivity index (χ2n) is 11.5. The summed E-state index contributed by atoms with van der Waals surface area (Å²) in [7, 11) is -2.36. The largest absolute Gasteiger partial charge is 0.451 e. The van der Waals surface area contributed by atoms with E-state index >= 15 is 0 Å². The number of carbonyl (C=O) groups excluding carboxylic acids is 1. The second kappa shape index (κ2) is 16.2. The average Bonchev–Trinajstić information content (AvgIpc) is 3.54. The van der Waals surface area contributed by atoms with Crippen molar-refractivity contribution in [1.29, 1.82) is 5.26 Å². The molecule has 2 aliphatic heterocycles. The van der Waals surface area contributed by atoms with E-state index in [1.807, 2.05) is 12.1 Å². The number of alkyl halides is 3. The first-order chi connectivity index (χ1) is 22.3. The zero-order valence-corrected chi connectivity index (χ0v) is 26.9. The fourth-order valence-electron chi connectivity index (χ4n) is 5.37. The van der Waals surface area contributed by atoms with Crippen LogP contribution < -0.4 is 15.1 Å². The van der Waals surface area contributed by atoms with Gasteiger partial charge in [-0.25, -0.2) is 9.97 Å². The number of carbonyl (C=O) groups is 1. The first-order valence-electron chi connectivity index (χ1n) is 15.3. The van der Waals surface area contributed by atoms with Crippen LogP contribution in [0.25, 0.3) is 0 Å². The third kappa shape index (κ3) is 11.1. The van der Waals surface area contributed by atoms with Crippen LogP contribution in [0, 0.1) is 23.2 Å². The van der Waals surface area contributed by atoms with Gasteiger partial charge < -0.3 is 19.9 Å². The Morgan fingerprint density at radius 1 is 1.13 bits per heavy atom. The van der Waals surface area contributed by atoms with Gasteiger partial charge in [0.2, 0.25) is 11.7 Å². The van der Waals surface area contributed by atoms with E-state index < -0.39 is 28.2 Å². The number of rotatable bonds is 12. The summed E-state index contributed by atoms with van der Waals surface area (Å²) in [5.74, 6) is 4.03. The van der Waals surface area contributed by atoms with Gasteiger partial charge in [-0.3, -0.25) is 14.2 Å². The van der Waals surface area contributed by atoms with Crippen molar-refractivity contribution >= 4 is 27.7 Å². The number of piperidine rings is 1. The maximum Gasteiger partial charge on any atom is 0.451 e. The van der Waals surface area contributed by atoms with Gasteiger partial charge in [0.1, 0.15) is 24.3 Å². The Morgan fingerprint density at radius 2 is 1.83 bits per heavy atom. The molecule has 0 bridgehead atoms. The summed E-state index contributed by atoms with van der Waals surface area (Å²) >= 11 is 0. The Bertz CT molecular complexity index is 1580. The molecule has 1 amide bonds. The molecule has 0 radical (unpaired) electrons. The molecule has 2 N–H and O–H groups in total. The number of ether oxygens (including phenoxy) is 1. The SMILES string of the molecule is CN(CC#CCOC1CCN(c2cc(N3CCC[C@H]3C(=O)NCCc3ccc(C#N)cc3)nc(C(F)(F)F)n2)CC1)CCS(=O)(=O)O. The molecule has 0 unspecified atom stereocenters. The summed E-state index contributed by atoms with van der Waals surface area (Å²) in [6, 6.07) is 9.95. The lowest BCUT2D eigenvalue weighted by molar-refractivity contribution is -0.144. The van der Waals surface area contributed by atoms with Gasteiger partial charge in [-0.1, -0.05) is 24.0 Å². The van der Waals surface area contributed by atoms with Crippen molar-refractivity contribution in [3.05, 3.63) is 47.3 Å². The Kier molecular flexibility index (Phi) is 12.4. The molecule has 2 aliphatic rings. The van der Waals surface area contributed by atoms with Crippen molar-refractivity contribution in [1.82, 2.24) is 20.2 Å². The van der Waals surface area contributed by atoms with Crippen LogP contribution in [0.4, 0.5) is 24.8 Å². The van der Waals surface area contributed by atoms with Crippen molar-refractivity contribution in [3.63, 3.8) is 0 Å². The predicted octanol–water partition coefficient (Wildman–Crippen LogP) is 2.50. The topological polar surface area (TPSA) is 152 Å². The van der Waals surface area contributed by atoms with Gasteiger partial charge in [0.15, 0.2) is 0 Å². The van der Waals surface area contributed by atoms with Crippen LogP contribution in [-0.4, -0.2) is 105 Å². The molecule has 3 heterocycles. The van der Waals surface area contributed by atoms with Crippen LogP contribution in [0.2, 0.25) is 0 Å². The van der Waals surface area contributed by atoms with Crippen LogP contribution in [0.3, 0.4) is 0 Å². The summed E-state index contributed by atoms with van der Waals surface area (Å²) in [6.07, 6.45) is -2.17. The summed E-state index contributed by atoms with van der Waals surface area (Å²) in [4.78, 5) is 25.8. The van der Waals surface area contributed by atoms with Crippen molar-refractivity contribution in [2.24, 2.45) is 0 Å². The number of amides is 1. The highest BCUT2D eigenvalue weighted by Crippen LogP contribution is 2.33. The summed E-state index contributed by atoms with van der Waals surface area (Å²) < 4.78 is 78.1. The van der Waals surface area contributed by atoms with Gasteiger partial charge in [-0.2, -0.15) is 26.9 Å². The number of hydrogen-bond donors (Lipinski definition) is 2. The highest BCUT2D eigenvalue weighted by molar-refractivity contribution is 7.85. The number of hydrogen-bond acceptors (Lipinski definition) is 10. The fourth-order valence-corrected chi connectivity index (χ4v) is 5.91. The lowest BCUT2D eigenvalue weighted by Gasteiger charge is -2.33. The Balaban J connectivity index is 1.33. The van der Waals surface area contributed by atoms with Crippen molar-refractivity contribution in [2.45, 2.75) is 50.4 Å². The molecule has 1 aromatic heterocycles. The van der Waals surface area contributed by atoms with Crippen molar-refractivity contribution < 1.29 is 35.7 Å². The number of benzene rings is 1.